The summed E-state index contributed by atoms with van der Waals surface area (Å²) in [6.45, 7) is 3.28. The number of benzene rings is 4. The van der Waals surface area contributed by atoms with Crippen LogP contribution in [0.15, 0.2) is 114 Å². The molecule has 0 fully saturated rings. The van der Waals surface area contributed by atoms with Crippen LogP contribution in [0.5, 0.6) is 0 Å². The van der Waals surface area contributed by atoms with Gasteiger partial charge in [0.15, 0.2) is 0 Å². The summed E-state index contributed by atoms with van der Waals surface area (Å²) in [5, 5.41) is 10.7. The maximum atomic E-state index is 11.6. The smallest absolute Gasteiger partial charge is 0.412 e. The molecule has 0 unspecified atom stereocenters. The second kappa shape index (κ2) is 18.4. The first kappa shape index (κ1) is 39.5. The van der Waals surface area contributed by atoms with Crippen LogP contribution in [0, 0.1) is 0 Å². The molecular formula is C38H40N8O6S2. The van der Waals surface area contributed by atoms with E-state index in [1.165, 1.54) is 14.2 Å². The Labute approximate surface area is 320 Å². The van der Waals surface area contributed by atoms with E-state index in [1.807, 2.05) is 72.8 Å². The molecule has 0 saturated heterocycles. The predicted octanol–water partition coefficient (Wildman–Crippen LogP) is 6.13. The Kier molecular flexibility index (Phi) is 13.5. The average Bonchev–Trinajstić information content (AvgIpc) is 3.75. The lowest BCUT2D eigenvalue weighted by atomic mass is 10.1. The molecule has 0 radical (unpaired) electrons. The van der Waals surface area contributed by atoms with Gasteiger partial charge in [-0.25, -0.2) is 19.6 Å². The SMILES string of the molecule is COC(=O)NC1=Nc2ccc(Sc3ccc(NC(=O)[C@H](C)N)cc3)cc2C1.COC(=O)NC1=Nc2ccc(Sc3ccc(NC(=O)[C@H](C)N)cc3)cc2C1. The van der Waals surface area contributed by atoms with Crippen LogP contribution in [-0.4, -0.2) is 62.0 Å². The monoisotopic (exact) mass is 768 g/mol. The lowest BCUT2D eigenvalue weighted by Gasteiger charge is -2.09. The van der Waals surface area contributed by atoms with Gasteiger partial charge in [0.1, 0.15) is 11.7 Å². The molecule has 0 aromatic heterocycles. The van der Waals surface area contributed by atoms with Crippen LogP contribution in [0.4, 0.5) is 32.3 Å². The predicted molar refractivity (Wildman–Crippen MR) is 211 cm³/mol. The first-order valence-electron chi connectivity index (χ1n) is 16.7. The number of carbonyl (C=O) groups is 4. The van der Waals surface area contributed by atoms with Gasteiger partial charge in [0.05, 0.1) is 37.7 Å². The normalized spacial score (nSPS) is 13.4. The number of nitrogens with one attached hydrogen (secondary N) is 4. The van der Waals surface area contributed by atoms with E-state index in [0.29, 0.717) is 35.9 Å². The third kappa shape index (κ3) is 11.2. The fraction of sp³-hybridized carbons (Fsp3) is 0.211. The molecule has 4 aromatic rings. The van der Waals surface area contributed by atoms with Crippen molar-refractivity contribution in [2.45, 2.75) is 58.4 Å². The summed E-state index contributed by atoms with van der Waals surface area (Å²) >= 11 is 3.21. The van der Waals surface area contributed by atoms with Crippen molar-refractivity contribution in [2.75, 3.05) is 24.9 Å². The number of hydrogen-bond acceptors (Lipinski definition) is 12. The Morgan fingerprint density at radius 1 is 0.574 bits per heavy atom. The number of amidine groups is 2. The quantitative estimate of drug-likeness (QED) is 0.121. The fourth-order valence-electron chi connectivity index (χ4n) is 4.96. The number of nitrogens with two attached hydrogens (primary N) is 2. The Bertz CT molecular complexity index is 1940. The molecule has 0 spiro atoms. The van der Waals surface area contributed by atoms with Gasteiger partial charge < -0.3 is 31.6 Å². The summed E-state index contributed by atoms with van der Waals surface area (Å²) in [7, 11) is 2.64. The average molecular weight is 769 g/mol. The molecule has 0 bridgehead atoms. The van der Waals surface area contributed by atoms with E-state index in [2.05, 4.69) is 52.9 Å². The van der Waals surface area contributed by atoms with Crippen molar-refractivity contribution in [1.29, 1.82) is 0 Å². The summed E-state index contributed by atoms with van der Waals surface area (Å²) in [6.07, 6.45) is 0.0713. The van der Waals surface area contributed by atoms with Crippen molar-refractivity contribution in [3.05, 3.63) is 96.1 Å². The minimum absolute atomic E-state index is 0.217. The third-order valence-corrected chi connectivity index (χ3v) is 9.73. The van der Waals surface area contributed by atoms with Crippen molar-refractivity contribution >= 4 is 81.9 Å². The molecule has 4 aromatic carbocycles. The Hall–Kier alpha value is -5.68. The lowest BCUT2D eigenvalue weighted by Crippen LogP contribution is -2.32. The van der Waals surface area contributed by atoms with Crippen molar-refractivity contribution in [1.82, 2.24) is 10.6 Å². The maximum Gasteiger partial charge on any atom is 0.412 e. The van der Waals surface area contributed by atoms with E-state index in [4.69, 9.17) is 11.5 Å². The largest absolute Gasteiger partial charge is 0.453 e. The van der Waals surface area contributed by atoms with Crippen LogP contribution in [0.25, 0.3) is 0 Å². The molecule has 6 rings (SSSR count). The standard InChI is InChI=1S/2C19H20N4O3S/c2*1-11(20)18(24)21-13-3-5-14(6-4-13)27-15-7-8-16-12(9-15)10-17(22-16)23-19(25)26-2/h2*3-9,11H,10,20H2,1-2H3,(H,21,24)(H,22,23,25)/t2*11-/m00/s1. The molecular weight excluding hydrogens is 729 g/mol. The Morgan fingerprint density at radius 3 is 1.26 bits per heavy atom. The van der Waals surface area contributed by atoms with Gasteiger partial charge >= 0.3 is 12.2 Å². The second-order valence-corrected chi connectivity index (χ2v) is 14.4. The zero-order valence-electron chi connectivity index (χ0n) is 30.0. The number of alkyl carbamates (subject to hydrolysis) is 2. The number of fused-ring (bicyclic) bond motifs is 2. The Morgan fingerprint density at radius 2 is 0.926 bits per heavy atom. The summed E-state index contributed by atoms with van der Waals surface area (Å²) < 4.78 is 9.18. The minimum atomic E-state index is -0.550. The summed E-state index contributed by atoms with van der Waals surface area (Å²) in [4.78, 5) is 58.8. The van der Waals surface area contributed by atoms with Gasteiger partial charge in [-0.05, 0) is 110 Å². The molecule has 2 heterocycles. The van der Waals surface area contributed by atoms with E-state index < -0.39 is 24.3 Å². The van der Waals surface area contributed by atoms with Gasteiger partial charge in [-0.3, -0.25) is 20.2 Å². The maximum absolute atomic E-state index is 11.6. The molecule has 0 saturated carbocycles. The van der Waals surface area contributed by atoms with Gasteiger partial charge in [-0.2, -0.15) is 0 Å². The van der Waals surface area contributed by atoms with Crippen LogP contribution in [-0.2, 0) is 31.9 Å². The van der Waals surface area contributed by atoms with Crippen molar-refractivity contribution < 1.29 is 28.7 Å². The number of ether oxygens (including phenoxy) is 2. The highest BCUT2D eigenvalue weighted by molar-refractivity contribution is 7.99. The lowest BCUT2D eigenvalue weighted by molar-refractivity contribution is -0.117. The van der Waals surface area contributed by atoms with Crippen LogP contribution in [0.3, 0.4) is 0 Å². The van der Waals surface area contributed by atoms with Crippen molar-refractivity contribution in [3.8, 4) is 0 Å². The van der Waals surface area contributed by atoms with Crippen LogP contribution < -0.4 is 32.7 Å². The first-order chi connectivity index (χ1) is 25.9. The van der Waals surface area contributed by atoms with Crippen molar-refractivity contribution in [2.24, 2.45) is 21.5 Å². The molecule has 2 atom stereocenters. The third-order valence-electron chi connectivity index (χ3n) is 7.73. The first-order valence-corrected chi connectivity index (χ1v) is 18.3. The number of anilines is 2. The Balaban J connectivity index is 0.000000208. The highest BCUT2D eigenvalue weighted by atomic mass is 32.2. The van der Waals surface area contributed by atoms with E-state index >= 15 is 0 Å². The van der Waals surface area contributed by atoms with Crippen LogP contribution in [0.2, 0.25) is 0 Å². The number of nitrogens with zero attached hydrogens (tertiary/aromatic N) is 2. The zero-order valence-corrected chi connectivity index (χ0v) is 31.6. The highest BCUT2D eigenvalue weighted by Gasteiger charge is 2.19. The zero-order chi connectivity index (χ0) is 38.8. The number of aliphatic imine (C=N–C) groups is 2. The van der Waals surface area contributed by atoms with E-state index in [-0.39, 0.29) is 11.8 Å². The van der Waals surface area contributed by atoms with Gasteiger partial charge in [-0.1, -0.05) is 23.5 Å². The van der Waals surface area contributed by atoms with E-state index in [9.17, 15) is 19.2 Å². The minimum Gasteiger partial charge on any atom is -0.453 e. The van der Waals surface area contributed by atoms with Crippen LogP contribution >= 0.6 is 23.5 Å². The summed E-state index contributed by atoms with van der Waals surface area (Å²) in [5.41, 5.74) is 16.3. The molecule has 4 amide bonds. The molecule has 16 heteroatoms. The number of rotatable bonds is 8. The van der Waals surface area contributed by atoms with E-state index in [0.717, 1.165) is 42.1 Å². The molecule has 280 valence electrons. The van der Waals surface area contributed by atoms with Gasteiger partial charge in [0.2, 0.25) is 11.8 Å². The number of amides is 4. The second-order valence-electron chi connectivity index (χ2n) is 12.1. The molecule has 2 aliphatic heterocycles. The van der Waals surface area contributed by atoms with Gasteiger partial charge in [0.25, 0.3) is 0 Å². The van der Waals surface area contributed by atoms with E-state index in [1.54, 1.807) is 37.4 Å². The topological polar surface area (TPSA) is 212 Å². The fourth-order valence-corrected chi connectivity index (χ4v) is 6.72. The summed E-state index contributed by atoms with van der Waals surface area (Å²) in [5.74, 6) is 0.720. The van der Waals surface area contributed by atoms with Crippen molar-refractivity contribution in [3.63, 3.8) is 0 Å². The molecule has 54 heavy (non-hydrogen) atoms. The molecule has 14 nitrogen and oxygen atoms in total. The number of hydrogen-bond donors (Lipinski definition) is 6. The molecule has 8 N–H and O–H groups in total. The van der Waals surface area contributed by atoms with Gasteiger partial charge in [-0.15, -0.1) is 0 Å². The summed E-state index contributed by atoms with van der Waals surface area (Å²) in [6, 6.07) is 26.0. The number of methoxy groups -OCH3 is 2. The molecule has 0 aliphatic carbocycles. The highest BCUT2D eigenvalue weighted by Crippen LogP contribution is 2.36. The van der Waals surface area contributed by atoms with Crippen LogP contribution in [0.1, 0.15) is 25.0 Å². The molecule has 2 aliphatic rings. The number of carbonyl (C=O) groups excluding carboxylic acids is 4. The van der Waals surface area contributed by atoms with Gasteiger partial charge in [0, 0.05) is 43.8 Å².